The van der Waals surface area contributed by atoms with Crippen molar-refractivity contribution in [3.05, 3.63) is 16.7 Å². The van der Waals surface area contributed by atoms with Gasteiger partial charge >= 0.3 is 0 Å². The molecule has 2 aromatic rings. The summed E-state index contributed by atoms with van der Waals surface area (Å²) in [5.41, 5.74) is 0.0553. The predicted molar refractivity (Wildman–Crippen MR) is 69.7 cm³/mol. The second-order valence-corrected chi connectivity index (χ2v) is 5.72. The zero-order chi connectivity index (χ0) is 11.9. The highest BCUT2D eigenvalue weighted by Crippen LogP contribution is 2.45. The van der Waals surface area contributed by atoms with Gasteiger partial charge in [-0.3, -0.25) is 0 Å². The van der Waals surface area contributed by atoms with Crippen LogP contribution in [-0.2, 0) is 0 Å². The molecular weight excluding hydrogens is 258 g/mol. The zero-order valence-corrected chi connectivity index (χ0v) is 10.7. The maximum Gasteiger partial charge on any atom is 0.225 e. The summed E-state index contributed by atoms with van der Waals surface area (Å²) in [5.74, 6) is 0.765. The van der Waals surface area contributed by atoms with Gasteiger partial charge in [0.15, 0.2) is 0 Å². The summed E-state index contributed by atoms with van der Waals surface area (Å²) >= 11 is 7.42. The summed E-state index contributed by atoms with van der Waals surface area (Å²) in [4.78, 5) is 9.26. The Morgan fingerprint density at radius 2 is 2.29 bits per heavy atom. The molecule has 1 fully saturated rings. The first-order valence-corrected chi connectivity index (χ1v) is 6.74. The summed E-state index contributed by atoms with van der Waals surface area (Å²) in [6.45, 7) is 0.966. The van der Waals surface area contributed by atoms with Gasteiger partial charge in [0.2, 0.25) is 5.28 Å². The molecule has 3 rings (SSSR count). The Kier molecular flexibility index (Phi) is 2.69. The van der Waals surface area contributed by atoms with Crippen LogP contribution in [-0.4, -0.2) is 28.2 Å². The minimum absolute atomic E-state index is 0.0553. The average molecular weight is 270 g/mol. The first-order valence-electron chi connectivity index (χ1n) is 5.48. The molecule has 0 unspecified atom stereocenters. The highest BCUT2D eigenvalue weighted by molar-refractivity contribution is 7.16. The number of halogens is 1. The van der Waals surface area contributed by atoms with Crippen LogP contribution < -0.4 is 5.32 Å². The Balaban J connectivity index is 1.86. The molecule has 2 N–H and O–H groups in total. The standard InChI is InChI=1S/C11H12ClN3OS/c12-10-14-8(7-1-4-17-9(7)15-10)13-5-11(6-16)2-3-11/h1,4,16H,2-3,5-6H2,(H,13,14,15). The lowest BCUT2D eigenvalue weighted by atomic mass is 10.1. The molecule has 6 heteroatoms. The summed E-state index contributed by atoms with van der Waals surface area (Å²) in [5, 5.41) is 15.8. The first-order chi connectivity index (χ1) is 8.22. The van der Waals surface area contributed by atoms with Gasteiger partial charge < -0.3 is 10.4 Å². The normalized spacial score (nSPS) is 17.3. The van der Waals surface area contributed by atoms with E-state index >= 15 is 0 Å². The fourth-order valence-electron chi connectivity index (χ4n) is 1.80. The van der Waals surface area contributed by atoms with Crippen molar-refractivity contribution in [2.24, 2.45) is 5.41 Å². The van der Waals surface area contributed by atoms with Crippen LogP contribution in [0, 0.1) is 5.41 Å². The van der Waals surface area contributed by atoms with Crippen LogP contribution in [0.5, 0.6) is 0 Å². The number of thiophene rings is 1. The fraction of sp³-hybridized carbons (Fsp3) is 0.455. The molecule has 1 aliphatic rings. The Labute approximate surface area is 108 Å². The second kappa shape index (κ2) is 4.08. The van der Waals surface area contributed by atoms with Gasteiger partial charge in [-0.15, -0.1) is 11.3 Å². The molecule has 0 radical (unpaired) electrons. The van der Waals surface area contributed by atoms with Crippen LogP contribution in [0.25, 0.3) is 10.2 Å². The Bertz CT molecular complexity index is 553. The van der Waals surface area contributed by atoms with Gasteiger partial charge in [0.1, 0.15) is 10.6 Å². The lowest BCUT2D eigenvalue weighted by Crippen LogP contribution is -2.19. The summed E-state index contributed by atoms with van der Waals surface area (Å²) < 4.78 is 0. The van der Waals surface area contributed by atoms with Gasteiger partial charge in [-0.05, 0) is 35.9 Å². The number of fused-ring (bicyclic) bond motifs is 1. The molecule has 0 saturated heterocycles. The van der Waals surface area contributed by atoms with Crippen LogP contribution >= 0.6 is 22.9 Å². The minimum Gasteiger partial charge on any atom is -0.396 e. The van der Waals surface area contributed by atoms with E-state index in [0.717, 1.165) is 35.4 Å². The van der Waals surface area contributed by atoms with Crippen LogP contribution in [0.1, 0.15) is 12.8 Å². The molecule has 0 aliphatic heterocycles. The Morgan fingerprint density at radius 3 is 3.00 bits per heavy atom. The van der Waals surface area contributed by atoms with Crippen LogP contribution in [0.3, 0.4) is 0 Å². The van der Waals surface area contributed by atoms with Crippen LogP contribution in [0.4, 0.5) is 5.82 Å². The number of aliphatic hydroxyl groups excluding tert-OH is 1. The number of aliphatic hydroxyl groups is 1. The number of nitrogens with zero attached hydrogens (tertiary/aromatic N) is 2. The van der Waals surface area contributed by atoms with E-state index in [1.807, 2.05) is 11.4 Å². The summed E-state index contributed by atoms with van der Waals surface area (Å²) in [6.07, 6.45) is 2.14. The number of hydrogen-bond acceptors (Lipinski definition) is 5. The molecule has 0 bridgehead atoms. The predicted octanol–water partition coefficient (Wildman–Crippen LogP) is 2.53. The monoisotopic (exact) mass is 269 g/mol. The van der Waals surface area contributed by atoms with E-state index in [1.165, 1.54) is 0 Å². The number of aromatic nitrogens is 2. The van der Waals surface area contributed by atoms with Gasteiger partial charge in [0.05, 0.1) is 12.0 Å². The van der Waals surface area contributed by atoms with Gasteiger partial charge in [0.25, 0.3) is 0 Å². The first kappa shape index (κ1) is 11.2. The number of hydrogen-bond donors (Lipinski definition) is 2. The third-order valence-electron chi connectivity index (χ3n) is 3.22. The quantitative estimate of drug-likeness (QED) is 0.838. The number of rotatable bonds is 4. The average Bonchev–Trinajstić information content (AvgIpc) is 2.96. The molecule has 90 valence electrons. The Hall–Kier alpha value is -0.910. The minimum atomic E-state index is 0.0553. The fourth-order valence-corrected chi connectivity index (χ4v) is 2.79. The highest BCUT2D eigenvalue weighted by Gasteiger charge is 2.41. The molecule has 0 spiro atoms. The van der Waals surface area contributed by atoms with Crippen molar-refractivity contribution >= 4 is 39.0 Å². The van der Waals surface area contributed by atoms with E-state index in [0.29, 0.717) is 0 Å². The van der Waals surface area contributed by atoms with E-state index in [-0.39, 0.29) is 17.3 Å². The van der Waals surface area contributed by atoms with Crippen LogP contribution in [0.15, 0.2) is 11.4 Å². The molecule has 0 amide bonds. The lowest BCUT2D eigenvalue weighted by molar-refractivity contribution is 0.219. The van der Waals surface area contributed by atoms with E-state index < -0.39 is 0 Å². The molecule has 2 aromatic heterocycles. The van der Waals surface area contributed by atoms with Crippen molar-refractivity contribution in [2.75, 3.05) is 18.5 Å². The number of anilines is 1. The molecule has 17 heavy (non-hydrogen) atoms. The van der Waals surface area contributed by atoms with Crippen molar-refractivity contribution in [1.82, 2.24) is 9.97 Å². The Morgan fingerprint density at radius 1 is 1.47 bits per heavy atom. The van der Waals surface area contributed by atoms with Crippen molar-refractivity contribution in [3.8, 4) is 0 Å². The number of nitrogens with one attached hydrogen (secondary N) is 1. The largest absolute Gasteiger partial charge is 0.396 e. The van der Waals surface area contributed by atoms with Crippen LogP contribution in [0.2, 0.25) is 5.28 Å². The molecule has 1 saturated carbocycles. The topological polar surface area (TPSA) is 58.0 Å². The molecule has 1 aliphatic carbocycles. The third kappa shape index (κ3) is 2.10. The van der Waals surface area contributed by atoms with Gasteiger partial charge in [-0.2, -0.15) is 0 Å². The van der Waals surface area contributed by atoms with E-state index in [2.05, 4.69) is 15.3 Å². The molecule has 0 aromatic carbocycles. The lowest BCUT2D eigenvalue weighted by Gasteiger charge is -2.13. The second-order valence-electron chi connectivity index (χ2n) is 4.49. The van der Waals surface area contributed by atoms with E-state index in [1.54, 1.807) is 11.3 Å². The van der Waals surface area contributed by atoms with Crippen molar-refractivity contribution in [2.45, 2.75) is 12.8 Å². The van der Waals surface area contributed by atoms with E-state index in [4.69, 9.17) is 11.6 Å². The zero-order valence-electron chi connectivity index (χ0n) is 9.11. The summed E-state index contributed by atoms with van der Waals surface area (Å²) in [6, 6.07) is 1.98. The van der Waals surface area contributed by atoms with Crippen molar-refractivity contribution in [3.63, 3.8) is 0 Å². The molecular formula is C11H12ClN3OS. The third-order valence-corrected chi connectivity index (χ3v) is 4.20. The highest BCUT2D eigenvalue weighted by atomic mass is 35.5. The molecule has 4 nitrogen and oxygen atoms in total. The summed E-state index contributed by atoms with van der Waals surface area (Å²) in [7, 11) is 0. The molecule has 0 atom stereocenters. The molecule has 2 heterocycles. The van der Waals surface area contributed by atoms with Gasteiger partial charge in [-0.25, -0.2) is 9.97 Å². The van der Waals surface area contributed by atoms with Gasteiger partial charge in [-0.1, -0.05) is 0 Å². The van der Waals surface area contributed by atoms with Gasteiger partial charge in [0, 0.05) is 12.0 Å². The SMILES string of the molecule is OCC1(CNc2nc(Cl)nc3sccc23)CC1. The van der Waals surface area contributed by atoms with E-state index in [9.17, 15) is 5.11 Å². The van der Waals surface area contributed by atoms with Crippen molar-refractivity contribution in [1.29, 1.82) is 0 Å². The maximum atomic E-state index is 9.27. The maximum absolute atomic E-state index is 9.27. The smallest absolute Gasteiger partial charge is 0.225 e. The van der Waals surface area contributed by atoms with Crippen molar-refractivity contribution < 1.29 is 5.11 Å².